The smallest absolute Gasteiger partial charge is 0.260 e. The third-order valence-electron chi connectivity index (χ3n) is 5.80. The van der Waals surface area contributed by atoms with Gasteiger partial charge in [-0.2, -0.15) is 0 Å². The number of aromatic nitrogens is 2. The van der Waals surface area contributed by atoms with Gasteiger partial charge >= 0.3 is 0 Å². The highest BCUT2D eigenvalue weighted by molar-refractivity contribution is 5.41. The fraction of sp³-hybridized carbons (Fsp3) is 0.333. The van der Waals surface area contributed by atoms with Crippen molar-refractivity contribution in [3.63, 3.8) is 0 Å². The number of alkyl halides is 2. The van der Waals surface area contributed by atoms with E-state index in [1.807, 2.05) is 6.07 Å². The topological polar surface area (TPSA) is 58.5 Å². The number of nitrogens with zero attached hydrogens (tertiary/aromatic N) is 3. The van der Waals surface area contributed by atoms with Crippen LogP contribution in [-0.2, 0) is 5.60 Å². The van der Waals surface area contributed by atoms with Crippen molar-refractivity contribution in [3.05, 3.63) is 90.0 Å². The van der Waals surface area contributed by atoms with Gasteiger partial charge in [0.25, 0.3) is 5.92 Å². The number of ether oxygens (including phenoxy) is 1. The Kier molecular flexibility index (Phi) is 5.98. The molecule has 31 heavy (non-hydrogen) atoms. The fourth-order valence-electron chi connectivity index (χ4n) is 4.40. The SMILES string of the molecule is COc1cccc(C(N2CCCC(F)(F)C2)C(O)(c2cccnc2)c2cccnc2)c1. The second kappa shape index (κ2) is 8.69. The molecule has 5 nitrogen and oxygen atoms in total. The molecule has 0 amide bonds. The Morgan fingerprint density at radius 1 is 1.06 bits per heavy atom. The van der Waals surface area contributed by atoms with E-state index in [0.29, 0.717) is 35.4 Å². The van der Waals surface area contributed by atoms with Crippen LogP contribution in [-0.4, -0.2) is 46.1 Å². The molecule has 0 aliphatic carbocycles. The molecule has 1 atom stereocenters. The monoisotopic (exact) mass is 425 g/mol. The molecule has 0 saturated carbocycles. The van der Waals surface area contributed by atoms with Crippen molar-refractivity contribution in [1.82, 2.24) is 14.9 Å². The lowest BCUT2D eigenvalue weighted by Gasteiger charge is -2.46. The van der Waals surface area contributed by atoms with E-state index in [1.165, 1.54) is 0 Å². The van der Waals surface area contributed by atoms with E-state index in [0.717, 1.165) is 0 Å². The zero-order valence-corrected chi connectivity index (χ0v) is 17.3. The van der Waals surface area contributed by atoms with E-state index in [4.69, 9.17) is 4.74 Å². The Balaban J connectivity index is 1.94. The van der Waals surface area contributed by atoms with Crippen LogP contribution in [0.3, 0.4) is 0 Å². The lowest BCUT2D eigenvalue weighted by Crippen LogP contribution is -2.51. The van der Waals surface area contributed by atoms with E-state index < -0.39 is 24.1 Å². The number of pyridine rings is 2. The van der Waals surface area contributed by atoms with Crippen LogP contribution in [0.1, 0.15) is 35.6 Å². The number of benzene rings is 1. The van der Waals surface area contributed by atoms with Gasteiger partial charge in [0, 0.05) is 42.3 Å². The minimum Gasteiger partial charge on any atom is -0.497 e. The molecule has 1 N–H and O–H groups in total. The second-order valence-electron chi connectivity index (χ2n) is 7.86. The summed E-state index contributed by atoms with van der Waals surface area (Å²) in [6.45, 7) is -0.0159. The lowest BCUT2D eigenvalue weighted by molar-refractivity contribution is -0.108. The van der Waals surface area contributed by atoms with Crippen molar-refractivity contribution in [3.8, 4) is 5.75 Å². The summed E-state index contributed by atoms with van der Waals surface area (Å²) in [5, 5.41) is 12.3. The van der Waals surface area contributed by atoms with Gasteiger partial charge in [-0.1, -0.05) is 24.3 Å². The number of likely N-dealkylation sites (tertiary alicyclic amines) is 1. The third-order valence-corrected chi connectivity index (χ3v) is 5.80. The standard InChI is InChI=1S/C24H25F2N3O2/c1-31-21-9-2-6-18(14-21)22(29-13-5-10-23(25,26)17-29)24(30,19-7-3-11-27-15-19)20-8-4-12-28-16-20/h2-4,6-9,11-12,14-16,22,30H,5,10,13,17H2,1H3. The molecule has 4 rings (SSSR count). The Bertz CT molecular complexity index is 962. The Hall–Kier alpha value is -2.90. The van der Waals surface area contributed by atoms with Crippen LogP contribution < -0.4 is 4.74 Å². The predicted octanol–water partition coefficient (Wildman–Crippen LogP) is 4.19. The van der Waals surface area contributed by atoms with Crippen LogP contribution >= 0.6 is 0 Å². The van der Waals surface area contributed by atoms with Gasteiger partial charge in [-0.25, -0.2) is 8.78 Å². The van der Waals surface area contributed by atoms with E-state index in [2.05, 4.69) is 9.97 Å². The maximum absolute atomic E-state index is 14.5. The summed E-state index contributed by atoms with van der Waals surface area (Å²) < 4.78 is 34.4. The van der Waals surface area contributed by atoms with Gasteiger partial charge in [-0.15, -0.1) is 0 Å². The first-order valence-corrected chi connectivity index (χ1v) is 10.2. The van der Waals surface area contributed by atoms with Gasteiger partial charge in [-0.05, 0) is 42.8 Å². The van der Waals surface area contributed by atoms with Crippen LogP contribution in [0.2, 0.25) is 0 Å². The summed E-state index contributed by atoms with van der Waals surface area (Å²) >= 11 is 0. The zero-order chi connectivity index (χ0) is 21.9. The van der Waals surface area contributed by atoms with Crippen molar-refractivity contribution < 1.29 is 18.6 Å². The lowest BCUT2D eigenvalue weighted by atomic mass is 9.77. The zero-order valence-electron chi connectivity index (χ0n) is 17.3. The number of piperidine rings is 1. The van der Waals surface area contributed by atoms with Gasteiger partial charge in [-0.3, -0.25) is 14.9 Å². The second-order valence-corrected chi connectivity index (χ2v) is 7.86. The van der Waals surface area contributed by atoms with E-state index >= 15 is 0 Å². The van der Waals surface area contributed by atoms with Crippen molar-refractivity contribution in [1.29, 1.82) is 0 Å². The Morgan fingerprint density at radius 3 is 2.29 bits per heavy atom. The molecule has 0 spiro atoms. The van der Waals surface area contributed by atoms with Crippen molar-refractivity contribution in [2.75, 3.05) is 20.2 Å². The number of halogens is 2. The highest BCUT2D eigenvalue weighted by Gasteiger charge is 2.48. The van der Waals surface area contributed by atoms with Crippen molar-refractivity contribution in [2.45, 2.75) is 30.4 Å². The maximum atomic E-state index is 14.5. The molecular weight excluding hydrogens is 400 g/mol. The molecule has 1 unspecified atom stereocenters. The van der Waals surface area contributed by atoms with Gasteiger partial charge in [0.05, 0.1) is 19.7 Å². The molecule has 0 bridgehead atoms. The minimum atomic E-state index is -2.83. The molecule has 1 aliphatic heterocycles. The highest BCUT2D eigenvalue weighted by Crippen LogP contribution is 2.46. The predicted molar refractivity (Wildman–Crippen MR) is 113 cm³/mol. The van der Waals surface area contributed by atoms with Gasteiger partial charge in [0.15, 0.2) is 0 Å². The largest absolute Gasteiger partial charge is 0.497 e. The number of hydrogen-bond acceptors (Lipinski definition) is 5. The first-order valence-electron chi connectivity index (χ1n) is 10.2. The van der Waals surface area contributed by atoms with Crippen LogP contribution in [0, 0.1) is 0 Å². The minimum absolute atomic E-state index is 0.160. The Labute approximate surface area is 180 Å². The molecule has 2 aromatic heterocycles. The van der Waals surface area contributed by atoms with Crippen molar-refractivity contribution in [2.24, 2.45) is 0 Å². The van der Waals surface area contributed by atoms with E-state index in [1.54, 1.807) is 79.3 Å². The molecule has 3 heterocycles. The molecule has 3 aromatic rings. The summed E-state index contributed by atoms with van der Waals surface area (Å²) in [4.78, 5) is 10.0. The molecule has 1 fully saturated rings. The first-order chi connectivity index (χ1) is 14.9. The quantitative estimate of drug-likeness (QED) is 0.642. The summed E-state index contributed by atoms with van der Waals surface area (Å²) in [6.07, 6.45) is 6.55. The van der Waals surface area contributed by atoms with Crippen LogP contribution in [0.25, 0.3) is 0 Å². The molecule has 1 aromatic carbocycles. The summed E-state index contributed by atoms with van der Waals surface area (Å²) in [5.74, 6) is -2.24. The van der Waals surface area contributed by atoms with Crippen LogP contribution in [0.5, 0.6) is 5.75 Å². The molecule has 1 saturated heterocycles. The van der Waals surface area contributed by atoms with Crippen LogP contribution in [0.4, 0.5) is 8.78 Å². The number of aliphatic hydroxyl groups is 1. The molecule has 162 valence electrons. The van der Waals surface area contributed by atoms with Gasteiger partial charge < -0.3 is 9.84 Å². The maximum Gasteiger partial charge on any atom is 0.260 e. The molecule has 0 radical (unpaired) electrons. The fourth-order valence-corrected chi connectivity index (χ4v) is 4.40. The summed E-state index contributed by atoms with van der Waals surface area (Å²) in [6, 6.07) is 13.4. The Morgan fingerprint density at radius 2 is 1.74 bits per heavy atom. The highest BCUT2D eigenvalue weighted by atomic mass is 19.3. The number of rotatable bonds is 6. The first kappa shape index (κ1) is 21.3. The van der Waals surface area contributed by atoms with E-state index in [-0.39, 0.29) is 6.42 Å². The normalized spacial score (nSPS) is 17.8. The van der Waals surface area contributed by atoms with Gasteiger partial charge in [0.1, 0.15) is 11.4 Å². The summed E-state index contributed by atoms with van der Waals surface area (Å²) in [7, 11) is 1.55. The average Bonchev–Trinajstić information content (AvgIpc) is 2.80. The van der Waals surface area contributed by atoms with Crippen molar-refractivity contribution >= 4 is 0 Å². The summed E-state index contributed by atoms with van der Waals surface area (Å²) in [5.41, 5.74) is 0.0177. The van der Waals surface area contributed by atoms with Crippen LogP contribution in [0.15, 0.2) is 73.3 Å². The average molecular weight is 425 g/mol. The third kappa shape index (κ3) is 4.29. The molecule has 7 heteroatoms. The van der Waals surface area contributed by atoms with Gasteiger partial charge in [0.2, 0.25) is 0 Å². The molecule has 1 aliphatic rings. The van der Waals surface area contributed by atoms with E-state index in [9.17, 15) is 13.9 Å². The molecular formula is C24H25F2N3O2. The number of hydrogen-bond donors (Lipinski definition) is 1. The number of methoxy groups -OCH3 is 1.